The van der Waals surface area contributed by atoms with E-state index in [1.54, 1.807) is 24.4 Å². The first kappa shape index (κ1) is 21.6. The molecule has 7 nitrogen and oxygen atoms in total. The van der Waals surface area contributed by atoms with Gasteiger partial charge in [-0.05, 0) is 38.6 Å². The summed E-state index contributed by atoms with van der Waals surface area (Å²) in [6.07, 6.45) is 3.63. The molecule has 1 aromatic carbocycles. The van der Waals surface area contributed by atoms with Crippen LogP contribution in [0.1, 0.15) is 18.4 Å². The first-order valence-electron chi connectivity index (χ1n) is 9.61. The zero-order valence-electron chi connectivity index (χ0n) is 16.3. The van der Waals surface area contributed by atoms with E-state index in [0.717, 1.165) is 31.5 Å². The van der Waals surface area contributed by atoms with Crippen molar-refractivity contribution in [2.75, 3.05) is 38.5 Å². The summed E-state index contributed by atoms with van der Waals surface area (Å²) in [7, 11) is 2.05. The zero-order chi connectivity index (χ0) is 20.6. The number of aromatic nitrogens is 2. The highest BCUT2D eigenvalue weighted by molar-refractivity contribution is 6.35. The topological polar surface area (TPSA) is 79.4 Å². The molecule has 2 heterocycles. The van der Waals surface area contributed by atoms with Crippen molar-refractivity contribution in [2.45, 2.75) is 19.4 Å². The summed E-state index contributed by atoms with van der Waals surface area (Å²) >= 11 is 12.1. The number of carbonyl (C=O) groups excluding carboxylic acids is 1. The van der Waals surface area contributed by atoms with Crippen molar-refractivity contribution < 1.29 is 9.53 Å². The zero-order valence-corrected chi connectivity index (χ0v) is 17.8. The van der Waals surface area contributed by atoms with Crippen molar-refractivity contribution in [2.24, 2.45) is 5.92 Å². The maximum absolute atomic E-state index is 12.2. The molecule has 0 bridgehead atoms. The predicted molar refractivity (Wildman–Crippen MR) is 115 cm³/mol. The number of likely N-dealkylation sites (tertiary alicyclic amines) is 1. The molecule has 0 saturated carbocycles. The quantitative estimate of drug-likeness (QED) is 0.617. The van der Waals surface area contributed by atoms with Gasteiger partial charge in [0.25, 0.3) is 0 Å². The van der Waals surface area contributed by atoms with Crippen LogP contribution in [0.15, 0.2) is 30.5 Å². The van der Waals surface area contributed by atoms with Crippen molar-refractivity contribution in [3.8, 4) is 5.88 Å². The Balaban J connectivity index is 1.42. The normalized spacial score (nSPS) is 17.0. The van der Waals surface area contributed by atoms with Crippen LogP contribution in [0.5, 0.6) is 5.88 Å². The molecule has 1 aliphatic rings. The molecule has 1 aliphatic heterocycles. The van der Waals surface area contributed by atoms with E-state index in [2.05, 4.69) is 25.5 Å². The highest BCUT2D eigenvalue weighted by Crippen LogP contribution is 2.22. The van der Waals surface area contributed by atoms with E-state index in [-0.39, 0.29) is 18.4 Å². The number of ether oxygens (including phenoxy) is 1. The van der Waals surface area contributed by atoms with Gasteiger partial charge < -0.3 is 20.3 Å². The van der Waals surface area contributed by atoms with Gasteiger partial charge in [-0.3, -0.25) is 4.79 Å². The van der Waals surface area contributed by atoms with E-state index in [0.29, 0.717) is 35.0 Å². The molecule has 3 rings (SSSR count). The summed E-state index contributed by atoms with van der Waals surface area (Å²) in [6, 6.07) is 6.93. The molecule has 156 valence electrons. The molecule has 29 heavy (non-hydrogen) atoms. The minimum absolute atomic E-state index is 0.0708. The summed E-state index contributed by atoms with van der Waals surface area (Å²) in [5.41, 5.74) is 0.820. The number of nitrogens with one attached hydrogen (secondary N) is 2. The van der Waals surface area contributed by atoms with Gasteiger partial charge in [0.05, 0.1) is 5.92 Å². The van der Waals surface area contributed by atoms with Gasteiger partial charge >= 0.3 is 0 Å². The van der Waals surface area contributed by atoms with Crippen molar-refractivity contribution in [1.82, 2.24) is 20.2 Å². The number of nitrogens with zero attached hydrogens (tertiary/aromatic N) is 3. The first-order chi connectivity index (χ1) is 14.0. The van der Waals surface area contributed by atoms with E-state index < -0.39 is 0 Å². The van der Waals surface area contributed by atoms with E-state index in [4.69, 9.17) is 27.9 Å². The molecule has 9 heteroatoms. The summed E-state index contributed by atoms with van der Waals surface area (Å²) < 4.78 is 5.69. The number of benzene rings is 1. The van der Waals surface area contributed by atoms with Crippen LogP contribution in [-0.2, 0) is 11.4 Å². The minimum Gasteiger partial charge on any atom is -0.473 e. The van der Waals surface area contributed by atoms with E-state index in [1.807, 2.05) is 13.1 Å². The minimum atomic E-state index is 0.0708. The van der Waals surface area contributed by atoms with E-state index >= 15 is 0 Å². The van der Waals surface area contributed by atoms with Gasteiger partial charge in [-0.15, -0.1) is 0 Å². The summed E-state index contributed by atoms with van der Waals surface area (Å²) in [4.78, 5) is 22.9. The maximum atomic E-state index is 12.2. The molecule has 1 fully saturated rings. The second kappa shape index (κ2) is 10.6. The number of amides is 1. The van der Waals surface area contributed by atoms with Crippen molar-refractivity contribution in [3.63, 3.8) is 0 Å². The third-order valence-corrected chi connectivity index (χ3v) is 5.31. The molecular formula is C20H25Cl2N5O2. The first-order valence-corrected chi connectivity index (χ1v) is 10.4. The van der Waals surface area contributed by atoms with E-state index in [1.165, 1.54) is 0 Å². The van der Waals surface area contributed by atoms with Gasteiger partial charge in [0.15, 0.2) is 0 Å². The van der Waals surface area contributed by atoms with Crippen molar-refractivity contribution in [1.29, 1.82) is 0 Å². The van der Waals surface area contributed by atoms with E-state index in [9.17, 15) is 4.79 Å². The number of hydrogen-bond donors (Lipinski definition) is 2. The van der Waals surface area contributed by atoms with Crippen LogP contribution in [0.2, 0.25) is 10.0 Å². The monoisotopic (exact) mass is 437 g/mol. The van der Waals surface area contributed by atoms with Gasteiger partial charge in [-0.25, -0.2) is 4.98 Å². The molecule has 1 saturated heterocycles. The highest BCUT2D eigenvalue weighted by Gasteiger charge is 2.23. The third-order valence-electron chi connectivity index (χ3n) is 4.72. The largest absolute Gasteiger partial charge is 0.473 e. The fraction of sp³-hybridized carbons (Fsp3) is 0.450. The van der Waals surface area contributed by atoms with Crippen LogP contribution in [0.25, 0.3) is 0 Å². The Hall–Kier alpha value is -2.09. The lowest BCUT2D eigenvalue weighted by Gasteiger charge is -2.28. The molecule has 1 amide bonds. The molecule has 2 aromatic rings. The van der Waals surface area contributed by atoms with Crippen molar-refractivity contribution in [3.05, 3.63) is 46.1 Å². The fourth-order valence-corrected chi connectivity index (χ4v) is 3.65. The standard InChI is InChI=1S/C20H25Cl2N5O2/c1-27-10-2-3-14(12-27)19(28)23-8-9-25-20-24-7-6-18(26-20)29-13-15-4-5-16(21)11-17(15)22/h4-7,11,14H,2-3,8-10,12-13H2,1H3,(H,23,28)(H,24,25,26). The average Bonchev–Trinajstić information content (AvgIpc) is 2.71. The molecule has 1 unspecified atom stereocenters. The van der Waals surface area contributed by atoms with Crippen LogP contribution in [0.4, 0.5) is 5.95 Å². The lowest BCUT2D eigenvalue weighted by Crippen LogP contribution is -2.42. The molecule has 0 aliphatic carbocycles. The van der Waals surface area contributed by atoms with Gasteiger partial charge in [-0.1, -0.05) is 29.3 Å². The highest BCUT2D eigenvalue weighted by atomic mass is 35.5. The van der Waals surface area contributed by atoms with Crippen LogP contribution in [0.3, 0.4) is 0 Å². The van der Waals surface area contributed by atoms with Crippen LogP contribution >= 0.6 is 23.2 Å². The lowest BCUT2D eigenvalue weighted by atomic mass is 9.98. The van der Waals surface area contributed by atoms with Crippen molar-refractivity contribution >= 4 is 35.1 Å². The average molecular weight is 438 g/mol. The summed E-state index contributed by atoms with van der Waals surface area (Å²) in [6.45, 7) is 3.19. The van der Waals surface area contributed by atoms with Gasteiger partial charge in [0, 0.05) is 47.5 Å². The molecule has 1 atom stereocenters. The number of piperidine rings is 1. The fourth-order valence-electron chi connectivity index (χ4n) is 3.18. The summed E-state index contributed by atoms with van der Waals surface area (Å²) in [5, 5.41) is 7.20. The second-order valence-electron chi connectivity index (χ2n) is 7.06. The predicted octanol–water partition coefficient (Wildman–Crippen LogP) is 3.23. The van der Waals surface area contributed by atoms with Crippen LogP contribution in [-0.4, -0.2) is 54.0 Å². The Morgan fingerprint density at radius 3 is 2.97 bits per heavy atom. The van der Waals surface area contributed by atoms with Crippen LogP contribution < -0.4 is 15.4 Å². The Bertz CT molecular complexity index is 836. The van der Waals surface area contributed by atoms with Gasteiger partial charge in [0.1, 0.15) is 6.61 Å². The molecule has 0 spiro atoms. The number of halogens is 2. The maximum Gasteiger partial charge on any atom is 0.226 e. The molecular weight excluding hydrogens is 413 g/mol. The number of rotatable bonds is 8. The SMILES string of the molecule is CN1CCCC(C(=O)NCCNc2nccc(OCc3ccc(Cl)cc3Cl)n2)C1. The van der Waals surface area contributed by atoms with Crippen LogP contribution in [0, 0.1) is 5.92 Å². The number of carbonyl (C=O) groups is 1. The molecule has 1 aromatic heterocycles. The Kier molecular flexibility index (Phi) is 7.91. The number of hydrogen-bond acceptors (Lipinski definition) is 6. The van der Waals surface area contributed by atoms with Gasteiger partial charge in [-0.2, -0.15) is 4.98 Å². The number of anilines is 1. The summed E-state index contributed by atoms with van der Waals surface area (Å²) in [5.74, 6) is 1.05. The van der Waals surface area contributed by atoms with Gasteiger partial charge in [0.2, 0.25) is 17.7 Å². The Morgan fingerprint density at radius 1 is 1.31 bits per heavy atom. The smallest absolute Gasteiger partial charge is 0.226 e. The lowest BCUT2D eigenvalue weighted by molar-refractivity contribution is -0.126. The molecule has 2 N–H and O–H groups in total. The molecule has 0 radical (unpaired) electrons. The second-order valence-corrected chi connectivity index (χ2v) is 7.91. The Labute approximate surface area is 180 Å². The Morgan fingerprint density at radius 2 is 2.17 bits per heavy atom. The third kappa shape index (κ3) is 6.73.